The molecule has 0 aliphatic heterocycles. The molecule has 0 saturated carbocycles. The maximum atomic E-state index is 5.82. The fourth-order valence-electron chi connectivity index (χ4n) is 1.79. The van der Waals surface area contributed by atoms with Crippen LogP contribution in [0.2, 0.25) is 5.02 Å². The average molecular weight is 385 g/mol. The van der Waals surface area contributed by atoms with Crippen molar-refractivity contribution in [3.63, 3.8) is 0 Å². The third-order valence-electron chi connectivity index (χ3n) is 2.92. The Bertz CT molecular complexity index is 659. The van der Waals surface area contributed by atoms with Crippen molar-refractivity contribution in [1.82, 2.24) is 0 Å². The van der Waals surface area contributed by atoms with Gasteiger partial charge in [-0.1, -0.05) is 28.9 Å². The highest BCUT2D eigenvalue weighted by molar-refractivity contribution is 9.10. The van der Waals surface area contributed by atoms with Crippen LogP contribution in [0.1, 0.15) is 11.1 Å². The van der Waals surface area contributed by atoms with E-state index in [9.17, 15) is 0 Å². The fraction of sp³-hybridized carbons (Fsp3) is 0.188. The molecule has 0 N–H and O–H groups in total. The summed E-state index contributed by atoms with van der Waals surface area (Å²) >= 11 is 9.24. The summed E-state index contributed by atoms with van der Waals surface area (Å²) in [6.45, 7) is 0.275. The van der Waals surface area contributed by atoms with Gasteiger partial charge in [-0.15, -0.1) is 0 Å². The van der Waals surface area contributed by atoms with E-state index < -0.39 is 0 Å². The first-order chi connectivity index (χ1) is 10.6. The summed E-state index contributed by atoms with van der Waals surface area (Å²) in [6, 6.07) is 11.0. The minimum Gasteiger partial charge on any atom is -0.496 e. The Morgan fingerprint density at radius 3 is 2.41 bits per heavy atom. The molecular weight excluding hydrogens is 370 g/mol. The summed E-state index contributed by atoms with van der Waals surface area (Å²) in [5.74, 6) is 1.41. The average Bonchev–Trinajstić information content (AvgIpc) is 2.53. The van der Waals surface area contributed by atoms with Crippen molar-refractivity contribution in [1.29, 1.82) is 0 Å². The monoisotopic (exact) mass is 383 g/mol. The highest BCUT2D eigenvalue weighted by atomic mass is 79.9. The lowest BCUT2D eigenvalue weighted by molar-refractivity contribution is 0.129. The molecule has 116 valence electrons. The summed E-state index contributed by atoms with van der Waals surface area (Å²) < 4.78 is 11.4. The molecule has 0 spiro atoms. The largest absolute Gasteiger partial charge is 0.496 e. The topological polar surface area (TPSA) is 40.0 Å². The lowest BCUT2D eigenvalue weighted by Gasteiger charge is -2.11. The molecule has 2 aromatic rings. The number of benzene rings is 2. The number of oxime groups is 1. The second kappa shape index (κ2) is 8.06. The van der Waals surface area contributed by atoms with Crippen molar-refractivity contribution in [3.8, 4) is 11.5 Å². The zero-order valence-corrected chi connectivity index (χ0v) is 14.5. The van der Waals surface area contributed by atoms with Crippen LogP contribution in [0, 0.1) is 0 Å². The quantitative estimate of drug-likeness (QED) is 0.537. The second-order valence-electron chi connectivity index (χ2n) is 4.36. The van der Waals surface area contributed by atoms with Crippen LogP contribution in [0.25, 0.3) is 0 Å². The SMILES string of the molecule is COc1cc(CO/N=C/c2ccc(Cl)cc2)c(OC)cc1Br. The first kappa shape index (κ1) is 16.6. The first-order valence-corrected chi connectivity index (χ1v) is 7.62. The molecule has 2 aromatic carbocycles. The van der Waals surface area contributed by atoms with E-state index in [-0.39, 0.29) is 6.61 Å². The van der Waals surface area contributed by atoms with Gasteiger partial charge in [0, 0.05) is 10.6 Å². The number of methoxy groups -OCH3 is 2. The Kier molecular flexibility index (Phi) is 6.10. The third-order valence-corrected chi connectivity index (χ3v) is 3.79. The van der Waals surface area contributed by atoms with E-state index in [0.29, 0.717) is 16.5 Å². The van der Waals surface area contributed by atoms with Gasteiger partial charge in [-0.05, 0) is 45.8 Å². The maximum absolute atomic E-state index is 5.82. The molecule has 0 aliphatic carbocycles. The third kappa shape index (κ3) is 4.39. The maximum Gasteiger partial charge on any atom is 0.146 e. The van der Waals surface area contributed by atoms with Crippen LogP contribution in [0.4, 0.5) is 0 Å². The predicted molar refractivity (Wildman–Crippen MR) is 91.1 cm³/mol. The van der Waals surface area contributed by atoms with Crippen LogP contribution in [-0.2, 0) is 11.4 Å². The minimum atomic E-state index is 0.275. The van der Waals surface area contributed by atoms with Crippen LogP contribution in [0.5, 0.6) is 11.5 Å². The lowest BCUT2D eigenvalue weighted by Crippen LogP contribution is -1.96. The van der Waals surface area contributed by atoms with E-state index >= 15 is 0 Å². The van der Waals surface area contributed by atoms with Crippen molar-refractivity contribution in [2.24, 2.45) is 5.16 Å². The molecule has 0 amide bonds. The Morgan fingerprint density at radius 1 is 1.09 bits per heavy atom. The second-order valence-corrected chi connectivity index (χ2v) is 5.65. The van der Waals surface area contributed by atoms with Gasteiger partial charge in [-0.2, -0.15) is 0 Å². The summed E-state index contributed by atoms with van der Waals surface area (Å²) in [5.41, 5.74) is 1.75. The summed E-state index contributed by atoms with van der Waals surface area (Å²) in [7, 11) is 3.21. The van der Waals surface area contributed by atoms with Crippen LogP contribution < -0.4 is 9.47 Å². The van der Waals surface area contributed by atoms with E-state index in [4.69, 9.17) is 25.9 Å². The van der Waals surface area contributed by atoms with Crippen molar-refractivity contribution in [3.05, 3.63) is 57.0 Å². The van der Waals surface area contributed by atoms with Gasteiger partial charge in [0.25, 0.3) is 0 Å². The first-order valence-electron chi connectivity index (χ1n) is 6.45. The molecule has 0 heterocycles. The van der Waals surface area contributed by atoms with Gasteiger partial charge in [0.15, 0.2) is 0 Å². The molecule has 0 unspecified atom stereocenters. The summed E-state index contributed by atoms with van der Waals surface area (Å²) in [6.07, 6.45) is 1.62. The van der Waals surface area contributed by atoms with Crippen molar-refractivity contribution < 1.29 is 14.3 Å². The zero-order chi connectivity index (χ0) is 15.9. The van der Waals surface area contributed by atoms with Crippen LogP contribution >= 0.6 is 27.5 Å². The van der Waals surface area contributed by atoms with Gasteiger partial charge in [0.1, 0.15) is 18.1 Å². The number of rotatable bonds is 6. The smallest absolute Gasteiger partial charge is 0.146 e. The highest BCUT2D eigenvalue weighted by Gasteiger charge is 2.09. The lowest BCUT2D eigenvalue weighted by atomic mass is 10.2. The minimum absolute atomic E-state index is 0.275. The highest BCUT2D eigenvalue weighted by Crippen LogP contribution is 2.33. The number of hydrogen-bond donors (Lipinski definition) is 0. The number of hydrogen-bond acceptors (Lipinski definition) is 4. The van der Waals surface area contributed by atoms with Gasteiger partial charge in [0.2, 0.25) is 0 Å². The molecule has 6 heteroatoms. The van der Waals surface area contributed by atoms with Crippen LogP contribution in [0.15, 0.2) is 46.0 Å². The molecule has 0 bridgehead atoms. The van der Waals surface area contributed by atoms with E-state index in [1.165, 1.54) is 0 Å². The molecule has 2 rings (SSSR count). The molecule has 0 radical (unpaired) electrons. The molecule has 0 saturated heterocycles. The molecular formula is C16H15BrClNO3. The summed E-state index contributed by atoms with van der Waals surface area (Å²) in [4.78, 5) is 5.32. The molecule has 0 aliphatic rings. The molecule has 0 fully saturated rings. The van der Waals surface area contributed by atoms with Crippen molar-refractivity contribution >= 4 is 33.7 Å². The van der Waals surface area contributed by atoms with E-state index in [1.54, 1.807) is 32.6 Å². The predicted octanol–water partition coefficient (Wildman–Crippen LogP) is 4.67. The number of ether oxygens (including phenoxy) is 2. The fourth-order valence-corrected chi connectivity index (χ4v) is 2.40. The van der Waals surface area contributed by atoms with E-state index in [2.05, 4.69) is 21.1 Å². The molecule has 0 atom stereocenters. The van der Waals surface area contributed by atoms with Crippen molar-refractivity contribution in [2.45, 2.75) is 6.61 Å². The van der Waals surface area contributed by atoms with Gasteiger partial charge in [0.05, 0.1) is 24.9 Å². The Labute approximate surface area is 142 Å². The van der Waals surface area contributed by atoms with Gasteiger partial charge < -0.3 is 14.3 Å². The van der Waals surface area contributed by atoms with Crippen LogP contribution in [0.3, 0.4) is 0 Å². The van der Waals surface area contributed by atoms with E-state index in [0.717, 1.165) is 15.6 Å². The zero-order valence-electron chi connectivity index (χ0n) is 12.2. The normalized spacial score (nSPS) is 10.7. The number of nitrogens with zero attached hydrogens (tertiary/aromatic N) is 1. The number of halogens is 2. The van der Waals surface area contributed by atoms with Gasteiger partial charge >= 0.3 is 0 Å². The Hall–Kier alpha value is -1.72. The molecule has 4 nitrogen and oxygen atoms in total. The molecule has 0 aromatic heterocycles. The van der Waals surface area contributed by atoms with Crippen LogP contribution in [-0.4, -0.2) is 20.4 Å². The van der Waals surface area contributed by atoms with Gasteiger partial charge in [-0.3, -0.25) is 0 Å². The van der Waals surface area contributed by atoms with Gasteiger partial charge in [-0.25, -0.2) is 0 Å². The Morgan fingerprint density at radius 2 is 1.77 bits per heavy atom. The Balaban J connectivity index is 2.03. The van der Waals surface area contributed by atoms with E-state index in [1.807, 2.05) is 24.3 Å². The summed E-state index contributed by atoms with van der Waals surface area (Å²) in [5, 5.41) is 4.63. The van der Waals surface area contributed by atoms with Crippen molar-refractivity contribution in [2.75, 3.05) is 14.2 Å². The molecule has 22 heavy (non-hydrogen) atoms. The standard InChI is InChI=1S/C16H15BrClNO3/c1-20-15-8-14(17)16(21-2)7-12(15)10-22-19-9-11-3-5-13(18)6-4-11/h3-9H,10H2,1-2H3/b19-9+.